The molecule has 0 aromatic heterocycles. The van der Waals surface area contributed by atoms with Crippen molar-refractivity contribution in [2.24, 2.45) is 0 Å². The van der Waals surface area contributed by atoms with Gasteiger partial charge in [-0.3, -0.25) is 4.79 Å². The lowest BCUT2D eigenvalue weighted by Crippen LogP contribution is -1.97. The van der Waals surface area contributed by atoms with Gasteiger partial charge in [0, 0.05) is 9.37 Å². The third-order valence-corrected chi connectivity index (χ3v) is 3.20. The van der Waals surface area contributed by atoms with Gasteiger partial charge < -0.3 is 5.11 Å². The van der Waals surface area contributed by atoms with Crippen LogP contribution < -0.4 is 0 Å². The van der Waals surface area contributed by atoms with Crippen LogP contribution in [-0.2, 0) is 4.79 Å². The first-order chi connectivity index (χ1) is 6.70. The Morgan fingerprint density at radius 2 is 2.00 bits per heavy atom. The van der Waals surface area contributed by atoms with E-state index in [1.54, 1.807) is 0 Å². The highest BCUT2D eigenvalue weighted by Crippen LogP contribution is 2.26. The summed E-state index contributed by atoms with van der Waals surface area (Å²) in [5.74, 6) is -0.696. The Bertz CT molecular complexity index is 289. The fraction of sp³-hybridized carbons (Fsp3) is 0.300. The number of rotatable bonds is 3. The number of carboxylic acids is 1. The molecule has 0 aliphatic carbocycles. The number of thioether (sulfide) groups is 1. The van der Waals surface area contributed by atoms with Gasteiger partial charge in [-0.1, -0.05) is 26.0 Å². The molecule has 2 nitrogen and oxygen atoms in total. The van der Waals surface area contributed by atoms with Crippen molar-refractivity contribution < 1.29 is 9.90 Å². The van der Waals surface area contributed by atoms with Crippen molar-refractivity contribution in [3.05, 3.63) is 28.7 Å². The molecule has 1 N–H and O–H groups in total. The van der Waals surface area contributed by atoms with Crippen molar-refractivity contribution in [1.82, 2.24) is 0 Å². The van der Waals surface area contributed by atoms with Crippen LogP contribution in [0.5, 0.6) is 0 Å². The van der Waals surface area contributed by atoms with Crippen molar-refractivity contribution in [2.75, 3.05) is 5.75 Å². The largest absolute Gasteiger partial charge is 0.481 e. The lowest BCUT2D eigenvalue weighted by Gasteiger charge is -1.99. The summed E-state index contributed by atoms with van der Waals surface area (Å²) in [5.41, 5.74) is 0. The SMILES string of the molecule is CC.O=C(O)CSc1ccccc1Br. The van der Waals surface area contributed by atoms with Crippen LogP contribution in [0.15, 0.2) is 33.6 Å². The Labute approximate surface area is 96.8 Å². The highest BCUT2D eigenvalue weighted by molar-refractivity contribution is 9.10. The fourth-order valence-electron chi connectivity index (χ4n) is 0.701. The molecule has 0 spiro atoms. The normalized spacial score (nSPS) is 8.79. The number of aliphatic carboxylic acids is 1. The molecule has 0 bridgehead atoms. The van der Waals surface area contributed by atoms with Gasteiger partial charge in [0.2, 0.25) is 0 Å². The van der Waals surface area contributed by atoms with Crippen molar-refractivity contribution in [3.63, 3.8) is 0 Å². The molecular formula is C10H13BrO2S. The number of benzene rings is 1. The highest BCUT2D eigenvalue weighted by Gasteiger charge is 2.01. The second-order valence-corrected chi connectivity index (χ2v) is 3.98. The first kappa shape index (κ1) is 13.5. The third kappa shape index (κ3) is 5.29. The van der Waals surface area contributed by atoms with Gasteiger partial charge >= 0.3 is 5.97 Å². The summed E-state index contributed by atoms with van der Waals surface area (Å²) in [6, 6.07) is 7.56. The van der Waals surface area contributed by atoms with E-state index in [0.29, 0.717) is 0 Å². The molecule has 0 saturated carbocycles. The minimum atomic E-state index is -0.796. The van der Waals surface area contributed by atoms with Crippen LogP contribution in [0.25, 0.3) is 0 Å². The van der Waals surface area contributed by atoms with Crippen molar-refractivity contribution in [2.45, 2.75) is 18.7 Å². The quantitative estimate of drug-likeness (QED) is 0.857. The lowest BCUT2D eigenvalue weighted by atomic mass is 10.4. The maximum absolute atomic E-state index is 10.2. The van der Waals surface area contributed by atoms with E-state index in [1.165, 1.54) is 11.8 Å². The molecule has 0 aliphatic rings. The minimum Gasteiger partial charge on any atom is -0.481 e. The summed E-state index contributed by atoms with van der Waals surface area (Å²) in [4.78, 5) is 11.2. The smallest absolute Gasteiger partial charge is 0.313 e. The molecule has 14 heavy (non-hydrogen) atoms. The number of carbonyl (C=O) groups is 1. The number of hydrogen-bond acceptors (Lipinski definition) is 2. The molecule has 0 atom stereocenters. The molecule has 0 fully saturated rings. The molecule has 0 unspecified atom stereocenters. The van der Waals surface area contributed by atoms with Crippen LogP contribution in [0.3, 0.4) is 0 Å². The second kappa shape index (κ2) is 7.88. The highest BCUT2D eigenvalue weighted by atomic mass is 79.9. The van der Waals surface area contributed by atoms with E-state index in [4.69, 9.17) is 5.11 Å². The average Bonchev–Trinajstić information content (AvgIpc) is 2.19. The number of hydrogen-bond donors (Lipinski definition) is 1. The first-order valence-corrected chi connectivity index (χ1v) is 6.07. The predicted molar refractivity (Wildman–Crippen MR) is 63.8 cm³/mol. The monoisotopic (exact) mass is 276 g/mol. The molecule has 4 heteroatoms. The summed E-state index contributed by atoms with van der Waals surface area (Å²) >= 11 is 4.64. The summed E-state index contributed by atoms with van der Waals surface area (Å²) < 4.78 is 0.941. The topological polar surface area (TPSA) is 37.3 Å². The van der Waals surface area contributed by atoms with Crippen LogP contribution >= 0.6 is 27.7 Å². The number of halogens is 1. The minimum absolute atomic E-state index is 0.0998. The van der Waals surface area contributed by atoms with Crippen molar-refractivity contribution >= 4 is 33.7 Å². The fourth-order valence-corrected chi connectivity index (χ4v) is 1.99. The Hall–Kier alpha value is -0.480. The standard InChI is InChI=1S/C8H7BrO2S.C2H6/c9-6-3-1-2-4-7(6)12-5-8(10)11;1-2/h1-4H,5H2,(H,10,11);1-2H3. The maximum Gasteiger partial charge on any atom is 0.313 e. The van der Waals surface area contributed by atoms with E-state index in [9.17, 15) is 4.79 Å². The van der Waals surface area contributed by atoms with Gasteiger partial charge in [0.15, 0.2) is 0 Å². The van der Waals surface area contributed by atoms with E-state index < -0.39 is 5.97 Å². The van der Waals surface area contributed by atoms with Gasteiger partial charge in [0.05, 0.1) is 5.75 Å². The van der Waals surface area contributed by atoms with Crippen LogP contribution in [0.1, 0.15) is 13.8 Å². The average molecular weight is 277 g/mol. The molecule has 1 aromatic carbocycles. The second-order valence-electron chi connectivity index (χ2n) is 2.11. The van der Waals surface area contributed by atoms with E-state index in [0.717, 1.165) is 9.37 Å². The summed E-state index contributed by atoms with van der Waals surface area (Å²) in [6.07, 6.45) is 0. The zero-order valence-electron chi connectivity index (χ0n) is 8.16. The van der Waals surface area contributed by atoms with Gasteiger partial charge in [-0.15, -0.1) is 11.8 Å². The number of carboxylic acid groups (broad SMARTS) is 1. The van der Waals surface area contributed by atoms with E-state index >= 15 is 0 Å². The molecule has 0 radical (unpaired) electrons. The van der Waals surface area contributed by atoms with Gasteiger partial charge in [-0.25, -0.2) is 0 Å². The molecule has 0 aliphatic heterocycles. The van der Waals surface area contributed by atoms with Gasteiger partial charge in [-0.05, 0) is 28.1 Å². The Balaban J connectivity index is 0.000000791. The van der Waals surface area contributed by atoms with E-state index in [2.05, 4.69) is 15.9 Å². The van der Waals surface area contributed by atoms with Crippen molar-refractivity contribution in [1.29, 1.82) is 0 Å². The van der Waals surface area contributed by atoms with Gasteiger partial charge in [0.25, 0.3) is 0 Å². The molecule has 78 valence electrons. The molecular weight excluding hydrogens is 264 g/mol. The van der Waals surface area contributed by atoms with Crippen molar-refractivity contribution in [3.8, 4) is 0 Å². The molecule has 0 amide bonds. The molecule has 1 rings (SSSR count). The molecule has 0 heterocycles. The summed E-state index contributed by atoms with van der Waals surface area (Å²) in [6.45, 7) is 4.00. The zero-order chi connectivity index (χ0) is 11.0. The van der Waals surface area contributed by atoms with Crippen LogP contribution in [-0.4, -0.2) is 16.8 Å². The molecule has 1 aromatic rings. The zero-order valence-corrected chi connectivity index (χ0v) is 10.6. The summed E-state index contributed by atoms with van der Waals surface area (Å²) in [5, 5.41) is 8.43. The Morgan fingerprint density at radius 3 is 2.50 bits per heavy atom. The Kier molecular flexibility index (Phi) is 7.61. The lowest BCUT2D eigenvalue weighted by molar-refractivity contribution is -0.133. The maximum atomic E-state index is 10.2. The van der Waals surface area contributed by atoms with Gasteiger partial charge in [0.1, 0.15) is 0 Å². The third-order valence-electron chi connectivity index (χ3n) is 1.19. The predicted octanol–water partition coefficient (Wildman–Crippen LogP) is 3.65. The van der Waals surface area contributed by atoms with Gasteiger partial charge in [-0.2, -0.15) is 0 Å². The first-order valence-electron chi connectivity index (χ1n) is 4.29. The van der Waals surface area contributed by atoms with Crippen LogP contribution in [0, 0.1) is 0 Å². The molecule has 0 saturated heterocycles. The Morgan fingerprint density at radius 1 is 1.43 bits per heavy atom. The van der Waals surface area contributed by atoms with Crippen LogP contribution in [0.4, 0.5) is 0 Å². The summed E-state index contributed by atoms with van der Waals surface area (Å²) in [7, 11) is 0. The van der Waals surface area contributed by atoms with Crippen LogP contribution in [0.2, 0.25) is 0 Å². The van der Waals surface area contributed by atoms with E-state index in [-0.39, 0.29) is 5.75 Å². The van der Waals surface area contributed by atoms with E-state index in [1.807, 2.05) is 38.1 Å².